The van der Waals surface area contributed by atoms with Gasteiger partial charge >= 0.3 is 5.51 Å². The number of benzene rings is 1. The predicted octanol–water partition coefficient (Wildman–Crippen LogP) is 5.05. The van der Waals surface area contributed by atoms with Crippen LogP contribution in [0.15, 0.2) is 33.9 Å². The van der Waals surface area contributed by atoms with Crippen LogP contribution in [0.25, 0.3) is 5.69 Å². The van der Waals surface area contributed by atoms with Crippen molar-refractivity contribution in [1.29, 1.82) is 5.26 Å². The lowest BCUT2D eigenvalue weighted by molar-refractivity contribution is -0.0435. The monoisotopic (exact) mass is 430 g/mol. The van der Waals surface area contributed by atoms with E-state index in [2.05, 4.69) is 15.9 Å². The van der Waals surface area contributed by atoms with Gasteiger partial charge in [0.25, 0.3) is 0 Å². The van der Waals surface area contributed by atoms with Gasteiger partial charge in [-0.3, -0.25) is 0 Å². The zero-order chi connectivity index (χ0) is 16.7. The first kappa shape index (κ1) is 17.5. The third kappa shape index (κ3) is 3.39. The largest absolute Gasteiger partial charge is 0.604 e. The van der Waals surface area contributed by atoms with E-state index < -0.39 is 21.6 Å². The molecule has 0 amide bonds. The van der Waals surface area contributed by atoms with E-state index in [1.54, 1.807) is 6.07 Å². The Hall–Kier alpha value is -0.850. The Kier molecular flexibility index (Phi) is 5.04. The molecule has 0 N–H and O–H groups in total. The SMILES string of the molecule is N#Cc1cn(-c2c(Cl)cc(Br)cc2Cl)cc1[S+]([O-])C(F)(F)F. The predicted molar refractivity (Wildman–Crippen MR) is 80.7 cm³/mol. The van der Waals surface area contributed by atoms with E-state index in [-0.39, 0.29) is 21.3 Å². The van der Waals surface area contributed by atoms with Crippen molar-refractivity contribution in [1.82, 2.24) is 4.57 Å². The molecule has 1 unspecified atom stereocenters. The topological polar surface area (TPSA) is 51.8 Å². The van der Waals surface area contributed by atoms with Crippen molar-refractivity contribution in [2.45, 2.75) is 10.4 Å². The number of hydrogen-bond donors (Lipinski definition) is 0. The summed E-state index contributed by atoms with van der Waals surface area (Å²) in [6.45, 7) is 0. The van der Waals surface area contributed by atoms with Gasteiger partial charge in [-0.25, -0.2) is 0 Å². The van der Waals surface area contributed by atoms with Crippen LogP contribution in [0.5, 0.6) is 0 Å². The van der Waals surface area contributed by atoms with Crippen LogP contribution in [-0.4, -0.2) is 14.6 Å². The van der Waals surface area contributed by atoms with Gasteiger partial charge in [0.2, 0.25) is 0 Å². The van der Waals surface area contributed by atoms with Crippen LogP contribution < -0.4 is 0 Å². The fraction of sp³-hybridized carbons (Fsp3) is 0.0833. The maximum atomic E-state index is 12.6. The molecule has 0 bridgehead atoms. The lowest BCUT2D eigenvalue weighted by Crippen LogP contribution is -2.23. The molecule has 3 nitrogen and oxygen atoms in total. The number of hydrogen-bond acceptors (Lipinski definition) is 2. The molecule has 1 aromatic carbocycles. The minimum Gasteiger partial charge on any atom is -0.604 e. The molecule has 1 aromatic heterocycles. The highest BCUT2D eigenvalue weighted by atomic mass is 79.9. The highest BCUT2D eigenvalue weighted by molar-refractivity contribution is 9.10. The van der Waals surface area contributed by atoms with Gasteiger partial charge in [-0.2, -0.15) is 5.26 Å². The first-order chi connectivity index (χ1) is 10.1. The van der Waals surface area contributed by atoms with E-state index in [0.29, 0.717) is 4.47 Å². The summed E-state index contributed by atoms with van der Waals surface area (Å²) in [7, 11) is 0. The summed E-state index contributed by atoms with van der Waals surface area (Å²) in [5.74, 6) is 0. The van der Waals surface area contributed by atoms with E-state index >= 15 is 0 Å². The van der Waals surface area contributed by atoms with Crippen LogP contribution in [-0.2, 0) is 11.2 Å². The molecule has 0 aliphatic carbocycles. The van der Waals surface area contributed by atoms with Crippen molar-refractivity contribution in [3.63, 3.8) is 0 Å². The third-order valence-electron chi connectivity index (χ3n) is 2.56. The molecule has 0 spiro atoms. The number of alkyl halides is 3. The average Bonchev–Trinajstić information content (AvgIpc) is 2.79. The van der Waals surface area contributed by atoms with Crippen molar-refractivity contribution in [3.05, 3.63) is 44.6 Å². The van der Waals surface area contributed by atoms with E-state index in [1.807, 2.05) is 0 Å². The van der Waals surface area contributed by atoms with Crippen LogP contribution in [0.1, 0.15) is 5.56 Å². The summed E-state index contributed by atoms with van der Waals surface area (Å²) in [6.07, 6.45) is 2.03. The van der Waals surface area contributed by atoms with Gasteiger partial charge in [-0.15, -0.1) is 13.2 Å². The Morgan fingerprint density at radius 3 is 2.23 bits per heavy atom. The zero-order valence-corrected chi connectivity index (χ0v) is 14.2. The highest BCUT2D eigenvalue weighted by Gasteiger charge is 2.48. The van der Waals surface area contributed by atoms with E-state index in [0.717, 1.165) is 17.0 Å². The fourth-order valence-electron chi connectivity index (χ4n) is 1.70. The Bertz CT molecular complexity index is 750. The maximum absolute atomic E-state index is 12.6. The molecule has 0 saturated heterocycles. The normalized spacial score (nSPS) is 13.0. The van der Waals surface area contributed by atoms with Gasteiger partial charge in [0.05, 0.1) is 21.9 Å². The third-order valence-corrected chi connectivity index (χ3v) is 4.74. The smallest absolute Gasteiger partial charge is 0.578 e. The quantitative estimate of drug-likeness (QED) is 0.625. The number of halogens is 6. The Morgan fingerprint density at radius 1 is 1.23 bits per heavy atom. The standard InChI is InChI=1S/C12H4BrCl2F3N2OS/c13-7-1-8(14)11(9(15)2-7)20-4-6(3-19)10(5-20)22(21)12(16,17)18/h1-2,4-5H. The van der Waals surface area contributed by atoms with Crippen LogP contribution in [0.3, 0.4) is 0 Å². The summed E-state index contributed by atoms with van der Waals surface area (Å²) in [6, 6.07) is 4.57. The molecule has 2 rings (SSSR count). The molecular weight excluding hydrogens is 428 g/mol. The molecule has 0 fully saturated rings. The van der Waals surface area contributed by atoms with Gasteiger partial charge in [0, 0.05) is 10.7 Å². The molecule has 0 aliphatic rings. The average molecular weight is 432 g/mol. The Balaban J connectivity index is 2.61. The second kappa shape index (κ2) is 6.34. The highest BCUT2D eigenvalue weighted by Crippen LogP contribution is 2.36. The van der Waals surface area contributed by atoms with Gasteiger partial charge < -0.3 is 9.12 Å². The molecule has 116 valence electrons. The molecule has 10 heteroatoms. The summed E-state index contributed by atoms with van der Waals surface area (Å²) in [4.78, 5) is -0.648. The molecule has 0 aliphatic heterocycles. The van der Waals surface area contributed by atoms with Crippen molar-refractivity contribution < 1.29 is 17.7 Å². The van der Waals surface area contributed by atoms with E-state index in [1.165, 1.54) is 12.1 Å². The Labute approximate surface area is 144 Å². The van der Waals surface area contributed by atoms with Crippen LogP contribution in [0.4, 0.5) is 13.2 Å². The molecular formula is C12H4BrCl2F3N2OS. The van der Waals surface area contributed by atoms with Crippen molar-refractivity contribution in [2.75, 3.05) is 0 Å². The van der Waals surface area contributed by atoms with Crippen LogP contribution in [0, 0.1) is 11.3 Å². The minimum absolute atomic E-state index is 0.156. The second-order valence-electron chi connectivity index (χ2n) is 3.99. The lowest BCUT2D eigenvalue weighted by Gasteiger charge is -2.11. The first-order valence-corrected chi connectivity index (χ1v) is 8.10. The zero-order valence-electron chi connectivity index (χ0n) is 10.3. The maximum Gasteiger partial charge on any atom is 0.578 e. The van der Waals surface area contributed by atoms with Crippen molar-refractivity contribution in [3.8, 4) is 11.8 Å². The minimum atomic E-state index is -4.97. The molecule has 2 aromatic rings. The van der Waals surface area contributed by atoms with Crippen molar-refractivity contribution in [2.24, 2.45) is 0 Å². The number of nitrogens with zero attached hydrogens (tertiary/aromatic N) is 2. The van der Waals surface area contributed by atoms with Crippen LogP contribution in [0.2, 0.25) is 10.0 Å². The molecule has 0 saturated carbocycles. The Morgan fingerprint density at radius 2 is 1.77 bits per heavy atom. The lowest BCUT2D eigenvalue weighted by atomic mass is 10.3. The summed E-state index contributed by atoms with van der Waals surface area (Å²) in [5.41, 5.74) is -5.15. The number of aromatic nitrogens is 1. The van der Waals surface area contributed by atoms with Gasteiger partial charge in [0.15, 0.2) is 4.90 Å². The molecule has 22 heavy (non-hydrogen) atoms. The number of rotatable bonds is 2. The van der Waals surface area contributed by atoms with Crippen LogP contribution >= 0.6 is 39.1 Å². The summed E-state index contributed by atoms with van der Waals surface area (Å²) in [5, 5.41) is 9.25. The molecule has 1 atom stereocenters. The van der Waals surface area contributed by atoms with E-state index in [9.17, 15) is 17.7 Å². The van der Waals surface area contributed by atoms with Crippen molar-refractivity contribution >= 4 is 50.3 Å². The van der Waals surface area contributed by atoms with Gasteiger partial charge in [-0.05, 0) is 12.1 Å². The first-order valence-electron chi connectivity index (χ1n) is 5.40. The van der Waals surface area contributed by atoms with Gasteiger partial charge in [-0.1, -0.05) is 39.1 Å². The summed E-state index contributed by atoms with van der Waals surface area (Å²) < 4.78 is 51.0. The number of nitriles is 1. The molecule has 0 radical (unpaired) electrons. The summed E-state index contributed by atoms with van der Waals surface area (Å²) >= 11 is 11.9. The molecule has 1 heterocycles. The van der Waals surface area contributed by atoms with E-state index in [4.69, 9.17) is 28.5 Å². The van der Waals surface area contributed by atoms with Gasteiger partial charge in [0.1, 0.15) is 22.8 Å². The second-order valence-corrected chi connectivity index (χ2v) is 7.16. The fourth-order valence-corrected chi connectivity index (χ4v) is 3.86.